The van der Waals surface area contributed by atoms with Crippen LogP contribution in [-0.2, 0) is 6.54 Å². The molecule has 0 spiro atoms. The van der Waals surface area contributed by atoms with Crippen molar-refractivity contribution in [1.29, 1.82) is 0 Å². The fourth-order valence-electron chi connectivity index (χ4n) is 1.96. The highest BCUT2D eigenvalue weighted by atomic mass is 19.1. The number of imidazole rings is 1. The van der Waals surface area contributed by atoms with Crippen molar-refractivity contribution in [2.24, 2.45) is 0 Å². The number of unbranched alkanes of at least 4 members (excludes halogenated alkanes) is 1. The van der Waals surface area contributed by atoms with Gasteiger partial charge in [-0.2, -0.15) is 0 Å². The first-order chi connectivity index (χ1) is 9.68. The van der Waals surface area contributed by atoms with E-state index in [9.17, 15) is 9.18 Å². The van der Waals surface area contributed by atoms with Crippen LogP contribution in [-0.4, -0.2) is 22.0 Å². The maximum absolute atomic E-state index is 13.7. The number of amides is 1. The average Bonchev–Trinajstić information content (AvgIpc) is 2.94. The van der Waals surface area contributed by atoms with Crippen LogP contribution in [0.15, 0.2) is 36.9 Å². The summed E-state index contributed by atoms with van der Waals surface area (Å²) in [6.07, 6.45) is 7.19. The molecule has 0 aliphatic heterocycles. The van der Waals surface area contributed by atoms with Crippen LogP contribution >= 0.6 is 0 Å². The first-order valence-electron chi connectivity index (χ1n) is 6.67. The van der Waals surface area contributed by atoms with Gasteiger partial charge in [0, 0.05) is 25.5 Å². The number of carbonyl (C=O) groups excluding carboxylic acids is 1. The van der Waals surface area contributed by atoms with Crippen molar-refractivity contribution in [3.05, 3.63) is 53.9 Å². The van der Waals surface area contributed by atoms with E-state index in [2.05, 4.69) is 10.3 Å². The van der Waals surface area contributed by atoms with Gasteiger partial charge in [-0.25, -0.2) is 9.37 Å². The molecule has 0 bridgehead atoms. The Labute approximate surface area is 117 Å². The Morgan fingerprint density at radius 2 is 2.25 bits per heavy atom. The van der Waals surface area contributed by atoms with Crippen LogP contribution in [0.1, 0.15) is 28.8 Å². The lowest BCUT2D eigenvalue weighted by molar-refractivity contribution is 0.0948. The van der Waals surface area contributed by atoms with E-state index in [-0.39, 0.29) is 11.5 Å². The van der Waals surface area contributed by atoms with Gasteiger partial charge in [0.15, 0.2) is 0 Å². The van der Waals surface area contributed by atoms with E-state index in [0.29, 0.717) is 12.1 Å². The molecule has 0 saturated carbocycles. The van der Waals surface area contributed by atoms with Gasteiger partial charge in [-0.05, 0) is 31.4 Å². The molecule has 1 heterocycles. The van der Waals surface area contributed by atoms with E-state index in [1.165, 1.54) is 6.07 Å². The van der Waals surface area contributed by atoms with E-state index in [4.69, 9.17) is 0 Å². The Bertz CT molecular complexity index is 567. The molecular weight excluding hydrogens is 257 g/mol. The number of aryl methyl sites for hydroxylation is 2. The molecule has 4 nitrogen and oxygen atoms in total. The maximum Gasteiger partial charge on any atom is 0.254 e. The van der Waals surface area contributed by atoms with Gasteiger partial charge in [-0.1, -0.05) is 12.1 Å². The highest BCUT2D eigenvalue weighted by molar-refractivity contribution is 5.94. The Balaban J connectivity index is 1.74. The topological polar surface area (TPSA) is 46.9 Å². The van der Waals surface area contributed by atoms with Gasteiger partial charge in [0.25, 0.3) is 5.91 Å². The molecule has 2 rings (SSSR count). The predicted octanol–water partition coefficient (Wildman–Crippen LogP) is 2.54. The molecule has 5 heteroatoms. The number of carbonyl (C=O) groups is 1. The molecule has 1 aromatic heterocycles. The monoisotopic (exact) mass is 275 g/mol. The van der Waals surface area contributed by atoms with Crippen LogP contribution in [0.2, 0.25) is 0 Å². The number of hydrogen-bond acceptors (Lipinski definition) is 2. The minimum atomic E-state index is -0.441. The van der Waals surface area contributed by atoms with Crippen molar-refractivity contribution in [2.75, 3.05) is 6.54 Å². The van der Waals surface area contributed by atoms with E-state index in [0.717, 1.165) is 19.4 Å². The minimum Gasteiger partial charge on any atom is -0.352 e. The molecule has 0 saturated heterocycles. The lowest BCUT2D eigenvalue weighted by Crippen LogP contribution is -2.25. The number of halogens is 1. The van der Waals surface area contributed by atoms with E-state index >= 15 is 0 Å². The summed E-state index contributed by atoms with van der Waals surface area (Å²) in [6, 6.07) is 4.84. The van der Waals surface area contributed by atoms with E-state index in [1.54, 1.807) is 31.6 Å². The summed E-state index contributed by atoms with van der Waals surface area (Å²) in [7, 11) is 0. The molecule has 106 valence electrons. The van der Waals surface area contributed by atoms with Crippen molar-refractivity contribution in [1.82, 2.24) is 14.9 Å². The normalized spacial score (nSPS) is 10.5. The van der Waals surface area contributed by atoms with Crippen LogP contribution in [0.5, 0.6) is 0 Å². The first kappa shape index (κ1) is 14.2. The molecule has 1 aromatic carbocycles. The summed E-state index contributed by atoms with van der Waals surface area (Å²) >= 11 is 0. The van der Waals surface area contributed by atoms with Gasteiger partial charge >= 0.3 is 0 Å². The number of benzene rings is 1. The van der Waals surface area contributed by atoms with Gasteiger partial charge in [0.05, 0.1) is 11.9 Å². The number of rotatable bonds is 6. The van der Waals surface area contributed by atoms with Gasteiger partial charge < -0.3 is 9.88 Å². The van der Waals surface area contributed by atoms with Crippen molar-refractivity contribution >= 4 is 5.91 Å². The Hall–Kier alpha value is -2.17. The fraction of sp³-hybridized carbons (Fsp3) is 0.333. The number of aromatic nitrogens is 2. The molecule has 0 fully saturated rings. The predicted molar refractivity (Wildman–Crippen MR) is 74.9 cm³/mol. The molecule has 2 aromatic rings. The van der Waals surface area contributed by atoms with E-state index in [1.807, 2.05) is 10.8 Å². The lowest BCUT2D eigenvalue weighted by Gasteiger charge is -2.07. The summed E-state index contributed by atoms with van der Waals surface area (Å²) in [5, 5.41) is 2.74. The van der Waals surface area contributed by atoms with Crippen molar-refractivity contribution in [3.63, 3.8) is 0 Å². The molecule has 1 N–H and O–H groups in total. The SMILES string of the molecule is Cc1cccc(C(=O)NCCCCn2ccnc2)c1F. The van der Waals surface area contributed by atoms with Gasteiger partial charge in [0.2, 0.25) is 0 Å². The van der Waals surface area contributed by atoms with Crippen LogP contribution in [0.3, 0.4) is 0 Å². The summed E-state index contributed by atoms with van der Waals surface area (Å²) in [5.41, 5.74) is 0.595. The zero-order valence-electron chi connectivity index (χ0n) is 11.5. The Kier molecular flexibility index (Phi) is 4.87. The summed E-state index contributed by atoms with van der Waals surface area (Å²) in [6.45, 7) is 3.06. The van der Waals surface area contributed by atoms with E-state index < -0.39 is 5.82 Å². The van der Waals surface area contributed by atoms with Crippen molar-refractivity contribution in [3.8, 4) is 0 Å². The maximum atomic E-state index is 13.7. The molecule has 0 aliphatic carbocycles. The third kappa shape index (κ3) is 3.66. The fourth-order valence-corrected chi connectivity index (χ4v) is 1.96. The average molecular weight is 275 g/mol. The molecule has 0 aliphatic rings. The minimum absolute atomic E-state index is 0.111. The Morgan fingerprint density at radius 1 is 1.40 bits per heavy atom. The summed E-state index contributed by atoms with van der Waals surface area (Å²) in [4.78, 5) is 15.8. The largest absolute Gasteiger partial charge is 0.352 e. The second-order valence-electron chi connectivity index (χ2n) is 4.70. The quantitative estimate of drug-likeness (QED) is 0.823. The number of hydrogen-bond donors (Lipinski definition) is 1. The molecule has 0 atom stereocenters. The highest BCUT2D eigenvalue weighted by Crippen LogP contribution is 2.11. The number of nitrogens with zero attached hydrogens (tertiary/aromatic N) is 2. The van der Waals surface area contributed by atoms with Crippen molar-refractivity contribution < 1.29 is 9.18 Å². The van der Waals surface area contributed by atoms with Gasteiger partial charge in [-0.15, -0.1) is 0 Å². The van der Waals surface area contributed by atoms with Crippen LogP contribution < -0.4 is 5.32 Å². The van der Waals surface area contributed by atoms with Crippen LogP contribution in [0, 0.1) is 12.7 Å². The zero-order valence-corrected chi connectivity index (χ0v) is 11.5. The van der Waals surface area contributed by atoms with Gasteiger partial charge in [-0.3, -0.25) is 4.79 Å². The zero-order chi connectivity index (χ0) is 14.4. The third-order valence-electron chi connectivity index (χ3n) is 3.12. The highest BCUT2D eigenvalue weighted by Gasteiger charge is 2.12. The van der Waals surface area contributed by atoms with Crippen molar-refractivity contribution in [2.45, 2.75) is 26.3 Å². The number of nitrogens with one attached hydrogen (secondary N) is 1. The lowest BCUT2D eigenvalue weighted by atomic mass is 10.1. The Morgan fingerprint density at radius 3 is 3.00 bits per heavy atom. The summed E-state index contributed by atoms with van der Waals surface area (Å²) in [5.74, 6) is -0.794. The molecular formula is C15H18FN3O. The molecule has 0 radical (unpaired) electrons. The van der Waals surface area contributed by atoms with Crippen LogP contribution in [0.25, 0.3) is 0 Å². The summed E-state index contributed by atoms with van der Waals surface area (Å²) < 4.78 is 15.7. The second-order valence-corrected chi connectivity index (χ2v) is 4.70. The first-order valence-corrected chi connectivity index (χ1v) is 6.67. The third-order valence-corrected chi connectivity index (χ3v) is 3.12. The van der Waals surface area contributed by atoms with Crippen LogP contribution in [0.4, 0.5) is 4.39 Å². The molecule has 0 unspecified atom stereocenters. The standard InChI is InChI=1S/C15H18FN3O/c1-12-5-4-6-13(14(12)16)15(20)18-7-2-3-9-19-10-8-17-11-19/h4-6,8,10-11H,2-3,7,9H2,1H3,(H,18,20). The smallest absolute Gasteiger partial charge is 0.254 e. The second kappa shape index (κ2) is 6.84. The van der Waals surface area contributed by atoms with Gasteiger partial charge in [0.1, 0.15) is 5.82 Å². The molecule has 20 heavy (non-hydrogen) atoms. The molecule has 1 amide bonds.